The van der Waals surface area contributed by atoms with E-state index in [4.69, 9.17) is 19.9 Å². The van der Waals surface area contributed by atoms with Crippen LogP contribution < -0.4 is 25.3 Å². The predicted molar refractivity (Wildman–Crippen MR) is 107 cm³/mol. The van der Waals surface area contributed by atoms with E-state index in [-0.39, 0.29) is 42.3 Å². The first-order valence-electron chi connectivity index (χ1n) is 7.18. The molecule has 6 nitrogen and oxygen atoms in total. The van der Waals surface area contributed by atoms with E-state index >= 15 is 0 Å². The van der Waals surface area contributed by atoms with Crippen molar-refractivity contribution >= 4 is 35.6 Å². The summed E-state index contributed by atoms with van der Waals surface area (Å²) in [4.78, 5) is 4.20. The molecule has 0 bridgehead atoms. The Morgan fingerprint density at radius 1 is 1.04 bits per heavy atom. The average Bonchev–Trinajstić information content (AvgIpc) is 2.59. The zero-order valence-electron chi connectivity index (χ0n) is 14.2. The maximum absolute atomic E-state index is 13.5. The molecule has 25 heavy (non-hydrogen) atoms. The van der Waals surface area contributed by atoms with Gasteiger partial charge < -0.3 is 25.3 Å². The molecule has 8 heteroatoms. The molecule has 0 aliphatic heterocycles. The Balaban J connectivity index is 0.00000312. The number of hydrogen-bond acceptors (Lipinski definition) is 4. The van der Waals surface area contributed by atoms with Gasteiger partial charge in [0.2, 0.25) is 0 Å². The van der Waals surface area contributed by atoms with Gasteiger partial charge in [0.25, 0.3) is 0 Å². The molecule has 0 unspecified atom stereocenters. The van der Waals surface area contributed by atoms with Crippen molar-refractivity contribution in [3.63, 3.8) is 0 Å². The number of guanidine groups is 1. The number of hydrogen-bond donors (Lipinski definition) is 2. The predicted octanol–water partition coefficient (Wildman–Crippen LogP) is 3.40. The van der Waals surface area contributed by atoms with Crippen molar-refractivity contribution in [2.45, 2.75) is 6.54 Å². The zero-order valence-corrected chi connectivity index (χ0v) is 16.5. The van der Waals surface area contributed by atoms with Crippen LogP contribution in [0.15, 0.2) is 41.4 Å². The van der Waals surface area contributed by atoms with E-state index < -0.39 is 0 Å². The van der Waals surface area contributed by atoms with E-state index in [0.29, 0.717) is 28.5 Å². The lowest BCUT2D eigenvalue weighted by Gasteiger charge is -2.12. The summed E-state index contributed by atoms with van der Waals surface area (Å²) >= 11 is 0. The largest absolute Gasteiger partial charge is 0.497 e. The Hall–Kier alpha value is -2.23. The molecule has 0 atom stereocenters. The molecule has 0 aliphatic carbocycles. The maximum Gasteiger partial charge on any atom is 0.193 e. The summed E-state index contributed by atoms with van der Waals surface area (Å²) < 4.78 is 28.9. The lowest BCUT2D eigenvalue weighted by Crippen LogP contribution is -2.23. The fourth-order valence-corrected chi connectivity index (χ4v) is 2.10. The van der Waals surface area contributed by atoms with Crippen LogP contribution >= 0.6 is 24.0 Å². The third-order valence-corrected chi connectivity index (χ3v) is 3.27. The normalized spacial score (nSPS) is 10.6. The third kappa shape index (κ3) is 5.96. The fourth-order valence-electron chi connectivity index (χ4n) is 2.10. The Labute approximate surface area is 163 Å². The van der Waals surface area contributed by atoms with Crippen molar-refractivity contribution in [1.29, 1.82) is 0 Å². The average molecular weight is 461 g/mol. The van der Waals surface area contributed by atoms with Crippen molar-refractivity contribution in [2.75, 3.05) is 26.6 Å². The van der Waals surface area contributed by atoms with Crippen LogP contribution in [0.1, 0.15) is 5.56 Å². The van der Waals surface area contributed by atoms with Gasteiger partial charge in [-0.05, 0) is 29.8 Å². The number of methoxy groups -OCH3 is 3. The highest BCUT2D eigenvalue weighted by Crippen LogP contribution is 2.28. The van der Waals surface area contributed by atoms with E-state index in [0.717, 1.165) is 0 Å². The second-order valence-electron chi connectivity index (χ2n) is 4.89. The number of aliphatic imine (C=N–C) groups is 1. The lowest BCUT2D eigenvalue weighted by atomic mass is 10.2. The first kappa shape index (κ1) is 20.8. The molecular formula is C17H21FIN3O3. The van der Waals surface area contributed by atoms with Crippen molar-refractivity contribution in [2.24, 2.45) is 10.7 Å². The van der Waals surface area contributed by atoms with Crippen LogP contribution in [-0.4, -0.2) is 27.3 Å². The van der Waals surface area contributed by atoms with Gasteiger partial charge in [-0.15, -0.1) is 24.0 Å². The second-order valence-corrected chi connectivity index (χ2v) is 4.89. The molecule has 0 saturated carbocycles. The molecule has 0 fully saturated rings. The van der Waals surface area contributed by atoms with Gasteiger partial charge in [-0.1, -0.05) is 0 Å². The standard InChI is InChI=1S/C17H20FN3O3.HI/c1-22-13-4-5-16(24-3)15(9-13)21-17(19)20-10-11-6-12(18)8-14(7-11)23-2;/h4-9H,10H2,1-3H3,(H3,19,20,21);1H. The SMILES string of the molecule is COc1cc(F)cc(CN=C(N)Nc2cc(OC)ccc2OC)c1.I. The summed E-state index contributed by atoms with van der Waals surface area (Å²) in [5, 5.41) is 2.95. The number of nitrogens with one attached hydrogen (secondary N) is 1. The molecule has 0 spiro atoms. The Morgan fingerprint density at radius 3 is 2.40 bits per heavy atom. The van der Waals surface area contributed by atoms with Gasteiger partial charge in [-0.2, -0.15) is 0 Å². The van der Waals surface area contributed by atoms with Gasteiger partial charge in [0.05, 0.1) is 33.6 Å². The van der Waals surface area contributed by atoms with E-state index in [1.807, 2.05) is 0 Å². The number of anilines is 1. The Kier molecular flexibility index (Phi) is 8.26. The van der Waals surface area contributed by atoms with Crippen LogP contribution in [0.2, 0.25) is 0 Å². The van der Waals surface area contributed by atoms with Crippen molar-refractivity contribution in [3.8, 4) is 17.2 Å². The maximum atomic E-state index is 13.5. The topological polar surface area (TPSA) is 78.1 Å². The smallest absolute Gasteiger partial charge is 0.193 e. The molecule has 0 radical (unpaired) electrons. The quantitative estimate of drug-likeness (QED) is 0.392. The summed E-state index contributed by atoms with van der Waals surface area (Å²) in [6, 6.07) is 9.65. The molecule has 2 rings (SSSR count). The minimum absolute atomic E-state index is 0. The highest BCUT2D eigenvalue weighted by molar-refractivity contribution is 14.0. The summed E-state index contributed by atoms with van der Waals surface area (Å²) in [6.07, 6.45) is 0. The van der Waals surface area contributed by atoms with Gasteiger partial charge >= 0.3 is 0 Å². The van der Waals surface area contributed by atoms with Crippen LogP contribution in [0.4, 0.5) is 10.1 Å². The van der Waals surface area contributed by atoms with Crippen LogP contribution in [0.25, 0.3) is 0 Å². The van der Waals surface area contributed by atoms with E-state index in [9.17, 15) is 4.39 Å². The number of benzene rings is 2. The molecule has 136 valence electrons. The van der Waals surface area contributed by atoms with E-state index in [2.05, 4.69) is 10.3 Å². The molecule has 0 aromatic heterocycles. The molecule has 2 aromatic carbocycles. The van der Waals surface area contributed by atoms with Crippen molar-refractivity contribution in [1.82, 2.24) is 0 Å². The Bertz CT molecular complexity index is 741. The van der Waals surface area contributed by atoms with Gasteiger partial charge in [-0.3, -0.25) is 0 Å². The number of halogens is 2. The minimum atomic E-state index is -0.388. The van der Waals surface area contributed by atoms with Gasteiger partial charge in [-0.25, -0.2) is 9.38 Å². The van der Waals surface area contributed by atoms with Crippen LogP contribution in [0.5, 0.6) is 17.2 Å². The van der Waals surface area contributed by atoms with Gasteiger partial charge in [0.1, 0.15) is 23.1 Å². The molecular weight excluding hydrogens is 440 g/mol. The fraction of sp³-hybridized carbons (Fsp3) is 0.235. The number of nitrogens with two attached hydrogens (primary N) is 1. The highest BCUT2D eigenvalue weighted by Gasteiger charge is 2.06. The third-order valence-electron chi connectivity index (χ3n) is 3.27. The molecule has 2 aromatic rings. The van der Waals surface area contributed by atoms with Crippen molar-refractivity contribution < 1.29 is 18.6 Å². The van der Waals surface area contributed by atoms with Crippen LogP contribution in [0, 0.1) is 5.82 Å². The van der Waals surface area contributed by atoms with Gasteiger partial charge in [0, 0.05) is 12.1 Å². The Morgan fingerprint density at radius 2 is 1.76 bits per heavy atom. The molecule has 0 amide bonds. The number of rotatable bonds is 6. The first-order chi connectivity index (χ1) is 11.5. The molecule has 0 saturated heterocycles. The number of nitrogens with zero attached hydrogens (tertiary/aromatic N) is 1. The summed E-state index contributed by atoms with van der Waals surface area (Å²) in [7, 11) is 4.60. The lowest BCUT2D eigenvalue weighted by molar-refractivity contribution is 0.405. The monoisotopic (exact) mass is 461 g/mol. The summed E-state index contributed by atoms with van der Waals surface area (Å²) in [5.41, 5.74) is 7.16. The zero-order chi connectivity index (χ0) is 17.5. The molecule has 3 N–H and O–H groups in total. The van der Waals surface area contributed by atoms with E-state index in [1.54, 1.807) is 38.5 Å². The highest BCUT2D eigenvalue weighted by atomic mass is 127. The van der Waals surface area contributed by atoms with Crippen molar-refractivity contribution in [3.05, 3.63) is 47.8 Å². The second kappa shape index (κ2) is 9.92. The van der Waals surface area contributed by atoms with E-state index in [1.165, 1.54) is 19.2 Å². The summed E-state index contributed by atoms with van der Waals surface area (Å²) in [6.45, 7) is 0.208. The van der Waals surface area contributed by atoms with Gasteiger partial charge in [0.15, 0.2) is 5.96 Å². The van der Waals surface area contributed by atoms with Crippen LogP contribution in [-0.2, 0) is 6.54 Å². The molecule has 0 heterocycles. The first-order valence-corrected chi connectivity index (χ1v) is 7.18. The minimum Gasteiger partial charge on any atom is -0.497 e. The number of ether oxygens (including phenoxy) is 3. The summed E-state index contributed by atoms with van der Waals surface area (Å²) in [5.74, 6) is 1.47. The van der Waals surface area contributed by atoms with Crippen LogP contribution in [0.3, 0.4) is 0 Å². The molecule has 0 aliphatic rings.